The Morgan fingerprint density at radius 3 is 2.64 bits per heavy atom. The van der Waals surface area contributed by atoms with E-state index in [0.717, 1.165) is 20.9 Å². The maximum absolute atomic E-state index is 6.08. The van der Waals surface area contributed by atoms with Crippen molar-refractivity contribution >= 4 is 27.5 Å². The Bertz CT molecular complexity index is 465. The minimum atomic E-state index is 0.739. The Hall–Kier alpha value is -0.800. The molecule has 4 heteroatoms. The van der Waals surface area contributed by atoms with Gasteiger partial charge in [-0.25, -0.2) is 0 Å². The van der Waals surface area contributed by atoms with E-state index >= 15 is 0 Å². The molecule has 0 atom stereocenters. The topological polar surface area (TPSA) is 17.8 Å². The highest BCUT2D eigenvalue weighted by Gasteiger charge is 2.08. The van der Waals surface area contributed by atoms with Crippen molar-refractivity contribution in [3.63, 3.8) is 0 Å². The SMILES string of the molecule is Cn1nc(Br)cc1-c1ccccc1Cl. The van der Waals surface area contributed by atoms with Crippen LogP contribution in [0.4, 0.5) is 0 Å². The Morgan fingerprint density at radius 2 is 2.07 bits per heavy atom. The fraction of sp³-hybridized carbons (Fsp3) is 0.100. The van der Waals surface area contributed by atoms with Crippen molar-refractivity contribution in [3.8, 4) is 11.3 Å². The molecule has 1 aromatic carbocycles. The molecule has 2 rings (SSSR count). The summed E-state index contributed by atoms with van der Waals surface area (Å²) in [7, 11) is 1.89. The van der Waals surface area contributed by atoms with E-state index in [0.29, 0.717) is 0 Å². The number of rotatable bonds is 1. The molecule has 0 aliphatic carbocycles. The average Bonchev–Trinajstić information content (AvgIpc) is 2.46. The maximum atomic E-state index is 6.08. The molecule has 0 aliphatic rings. The summed E-state index contributed by atoms with van der Waals surface area (Å²) in [5, 5.41) is 4.94. The first-order valence-electron chi connectivity index (χ1n) is 4.13. The van der Waals surface area contributed by atoms with Crippen LogP contribution >= 0.6 is 27.5 Å². The van der Waals surface area contributed by atoms with E-state index in [2.05, 4.69) is 21.0 Å². The fourth-order valence-electron chi connectivity index (χ4n) is 1.35. The van der Waals surface area contributed by atoms with E-state index in [1.807, 2.05) is 37.4 Å². The third-order valence-electron chi connectivity index (χ3n) is 2.00. The van der Waals surface area contributed by atoms with Gasteiger partial charge in [-0.3, -0.25) is 4.68 Å². The second kappa shape index (κ2) is 3.75. The van der Waals surface area contributed by atoms with Crippen LogP contribution in [0.2, 0.25) is 5.02 Å². The monoisotopic (exact) mass is 270 g/mol. The van der Waals surface area contributed by atoms with Gasteiger partial charge in [0.2, 0.25) is 0 Å². The molecule has 14 heavy (non-hydrogen) atoms. The van der Waals surface area contributed by atoms with Crippen molar-refractivity contribution in [2.24, 2.45) is 7.05 Å². The summed E-state index contributed by atoms with van der Waals surface area (Å²) >= 11 is 9.41. The maximum Gasteiger partial charge on any atom is 0.128 e. The Labute approximate surface area is 95.6 Å². The third kappa shape index (κ3) is 1.70. The van der Waals surface area contributed by atoms with Gasteiger partial charge in [0.1, 0.15) is 4.60 Å². The van der Waals surface area contributed by atoms with Crippen LogP contribution in [0.1, 0.15) is 0 Å². The van der Waals surface area contributed by atoms with Crippen molar-refractivity contribution < 1.29 is 0 Å². The zero-order chi connectivity index (χ0) is 10.1. The molecule has 0 saturated carbocycles. The Morgan fingerprint density at radius 1 is 1.36 bits per heavy atom. The van der Waals surface area contributed by atoms with Crippen LogP contribution in [0.25, 0.3) is 11.3 Å². The molecule has 1 heterocycles. The van der Waals surface area contributed by atoms with Gasteiger partial charge in [0.05, 0.1) is 5.69 Å². The second-order valence-electron chi connectivity index (χ2n) is 2.96. The van der Waals surface area contributed by atoms with Gasteiger partial charge in [0.25, 0.3) is 0 Å². The van der Waals surface area contributed by atoms with E-state index in [1.54, 1.807) is 4.68 Å². The summed E-state index contributed by atoms with van der Waals surface area (Å²) in [5.41, 5.74) is 2.00. The van der Waals surface area contributed by atoms with Gasteiger partial charge in [-0.2, -0.15) is 5.10 Å². The summed E-state index contributed by atoms with van der Waals surface area (Å²) in [5.74, 6) is 0. The van der Waals surface area contributed by atoms with Crippen LogP contribution in [0, 0.1) is 0 Å². The van der Waals surface area contributed by atoms with E-state index < -0.39 is 0 Å². The molecule has 1 aromatic heterocycles. The van der Waals surface area contributed by atoms with Gasteiger partial charge in [0.15, 0.2) is 0 Å². The summed E-state index contributed by atoms with van der Waals surface area (Å²) in [6, 6.07) is 9.67. The minimum Gasteiger partial charge on any atom is -0.267 e. The number of aryl methyl sites for hydroxylation is 1. The standard InChI is InChI=1S/C10H8BrClN2/c1-14-9(6-10(11)13-14)7-4-2-3-5-8(7)12/h2-6H,1H3. The molecule has 0 N–H and O–H groups in total. The molecule has 0 bridgehead atoms. The largest absolute Gasteiger partial charge is 0.267 e. The smallest absolute Gasteiger partial charge is 0.128 e. The van der Waals surface area contributed by atoms with Gasteiger partial charge >= 0.3 is 0 Å². The molecule has 0 fully saturated rings. The number of benzene rings is 1. The first-order chi connectivity index (χ1) is 6.68. The highest BCUT2D eigenvalue weighted by atomic mass is 79.9. The zero-order valence-corrected chi connectivity index (χ0v) is 9.88. The van der Waals surface area contributed by atoms with Crippen LogP contribution in [-0.4, -0.2) is 9.78 Å². The quantitative estimate of drug-likeness (QED) is 0.776. The lowest BCUT2D eigenvalue weighted by Crippen LogP contribution is -1.93. The molecule has 2 nitrogen and oxygen atoms in total. The van der Waals surface area contributed by atoms with Crippen LogP contribution < -0.4 is 0 Å². The summed E-state index contributed by atoms with van der Waals surface area (Å²) < 4.78 is 2.61. The lowest BCUT2D eigenvalue weighted by atomic mass is 10.1. The van der Waals surface area contributed by atoms with Crippen molar-refractivity contribution in [2.75, 3.05) is 0 Å². The summed E-state index contributed by atoms with van der Waals surface area (Å²) in [6.07, 6.45) is 0. The highest BCUT2D eigenvalue weighted by Crippen LogP contribution is 2.28. The second-order valence-corrected chi connectivity index (χ2v) is 4.18. The normalized spacial score (nSPS) is 10.5. The fourth-order valence-corrected chi connectivity index (χ4v) is 2.04. The third-order valence-corrected chi connectivity index (χ3v) is 2.72. The van der Waals surface area contributed by atoms with Crippen molar-refractivity contribution in [3.05, 3.63) is 40.0 Å². The number of halogens is 2. The predicted octanol–water partition coefficient (Wildman–Crippen LogP) is 3.50. The minimum absolute atomic E-state index is 0.739. The number of hydrogen-bond donors (Lipinski definition) is 0. The van der Waals surface area contributed by atoms with Crippen molar-refractivity contribution in [1.82, 2.24) is 9.78 Å². The Balaban J connectivity index is 2.60. The zero-order valence-electron chi connectivity index (χ0n) is 7.54. The molecule has 0 radical (unpaired) electrons. The molecule has 2 aromatic rings. The first kappa shape index (κ1) is 9.74. The molecule has 72 valence electrons. The van der Waals surface area contributed by atoms with Crippen LogP contribution in [0.5, 0.6) is 0 Å². The lowest BCUT2D eigenvalue weighted by Gasteiger charge is -2.03. The van der Waals surface area contributed by atoms with Gasteiger partial charge in [-0.05, 0) is 28.1 Å². The van der Waals surface area contributed by atoms with E-state index in [-0.39, 0.29) is 0 Å². The van der Waals surface area contributed by atoms with Gasteiger partial charge in [0, 0.05) is 17.6 Å². The summed E-state index contributed by atoms with van der Waals surface area (Å²) in [6.45, 7) is 0. The summed E-state index contributed by atoms with van der Waals surface area (Å²) in [4.78, 5) is 0. The first-order valence-corrected chi connectivity index (χ1v) is 5.30. The molecule has 0 amide bonds. The number of aromatic nitrogens is 2. The number of hydrogen-bond acceptors (Lipinski definition) is 1. The predicted molar refractivity (Wildman–Crippen MR) is 61.4 cm³/mol. The molecule has 0 saturated heterocycles. The van der Waals surface area contributed by atoms with Gasteiger partial charge in [-0.1, -0.05) is 29.8 Å². The Kier molecular flexibility index (Phi) is 2.61. The van der Waals surface area contributed by atoms with E-state index in [9.17, 15) is 0 Å². The molecular formula is C10H8BrClN2. The average molecular weight is 272 g/mol. The van der Waals surface area contributed by atoms with Crippen LogP contribution in [-0.2, 0) is 7.05 Å². The van der Waals surface area contributed by atoms with E-state index in [1.165, 1.54) is 0 Å². The van der Waals surface area contributed by atoms with Gasteiger partial charge in [-0.15, -0.1) is 0 Å². The van der Waals surface area contributed by atoms with E-state index in [4.69, 9.17) is 11.6 Å². The van der Waals surface area contributed by atoms with Crippen LogP contribution in [0.15, 0.2) is 34.9 Å². The highest BCUT2D eigenvalue weighted by molar-refractivity contribution is 9.10. The molecule has 0 aliphatic heterocycles. The van der Waals surface area contributed by atoms with Crippen molar-refractivity contribution in [2.45, 2.75) is 0 Å². The number of nitrogens with zero attached hydrogens (tertiary/aromatic N) is 2. The van der Waals surface area contributed by atoms with Crippen molar-refractivity contribution in [1.29, 1.82) is 0 Å². The molecular weight excluding hydrogens is 263 g/mol. The van der Waals surface area contributed by atoms with Gasteiger partial charge < -0.3 is 0 Å². The van der Waals surface area contributed by atoms with Crippen LogP contribution in [0.3, 0.4) is 0 Å². The molecule has 0 spiro atoms. The molecule has 0 unspecified atom stereocenters. The lowest BCUT2D eigenvalue weighted by molar-refractivity contribution is 0.768.